The summed E-state index contributed by atoms with van der Waals surface area (Å²) in [4.78, 5) is 33.7. The lowest BCUT2D eigenvalue weighted by molar-refractivity contribution is -0.114. The number of allylic oxidation sites excluding steroid dienone is 1. The Hall–Kier alpha value is -2.92. The monoisotopic (exact) mass is 416 g/mol. The molecule has 0 heterocycles. The summed E-state index contributed by atoms with van der Waals surface area (Å²) < 4.78 is 10.3. The number of hydrogen-bond acceptors (Lipinski definition) is 5. The first-order chi connectivity index (χ1) is 13.8. The molecule has 0 unspecified atom stereocenters. The van der Waals surface area contributed by atoms with Gasteiger partial charge in [-0.3, -0.25) is 9.59 Å². The van der Waals surface area contributed by atoms with Gasteiger partial charge in [0, 0.05) is 5.56 Å². The summed E-state index contributed by atoms with van der Waals surface area (Å²) in [6.45, 7) is 4.81. The smallest absolute Gasteiger partial charge is 0.337 e. The van der Waals surface area contributed by atoms with E-state index in [1.807, 2.05) is 37.3 Å². The van der Waals surface area contributed by atoms with Crippen molar-refractivity contribution in [2.75, 3.05) is 20.1 Å². The summed E-state index contributed by atoms with van der Waals surface area (Å²) in [5.41, 5.74) is 3.28. The average Bonchev–Trinajstić information content (AvgIpc) is 2.72. The van der Waals surface area contributed by atoms with Gasteiger partial charge in [0.1, 0.15) is 11.5 Å². The fourth-order valence-corrected chi connectivity index (χ4v) is 2.61. The minimum absolute atomic E-state index is 0.0201. The number of ketones is 2. The van der Waals surface area contributed by atoms with Crippen molar-refractivity contribution in [1.82, 2.24) is 0 Å². The first-order valence-corrected chi connectivity index (χ1v) is 9.39. The van der Waals surface area contributed by atoms with Crippen LogP contribution in [-0.4, -0.2) is 37.6 Å². The molecule has 29 heavy (non-hydrogen) atoms. The molecule has 0 N–H and O–H groups in total. The third-order valence-corrected chi connectivity index (χ3v) is 4.30. The van der Waals surface area contributed by atoms with Crippen LogP contribution >= 0.6 is 11.6 Å². The average molecular weight is 417 g/mol. The Morgan fingerprint density at radius 3 is 1.90 bits per heavy atom. The van der Waals surface area contributed by atoms with E-state index in [1.54, 1.807) is 25.3 Å². The Labute approximate surface area is 176 Å². The SMILES string of the molecule is CC(=O)CCl.COC(=O)c1ccc(/C(C(C)=O)=C(\OC)c2ccccc2)c(C)c1. The number of methoxy groups -OCH3 is 2. The van der Waals surface area contributed by atoms with Crippen molar-refractivity contribution in [2.45, 2.75) is 20.8 Å². The number of Topliss-reactive ketones (excluding diaryl/α,β-unsaturated/α-hetero) is 2. The Kier molecular flexibility index (Phi) is 9.83. The molecule has 2 aromatic carbocycles. The van der Waals surface area contributed by atoms with Crippen molar-refractivity contribution in [3.63, 3.8) is 0 Å². The number of alkyl halides is 1. The van der Waals surface area contributed by atoms with Crippen LogP contribution < -0.4 is 0 Å². The lowest BCUT2D eigenvalue weighted by Crippen LogP contribution is -2.06. The summed E-state index contributed by atoms with van der Waals surface area (Å²) in [7, 11) is 2.88. The van der Waals surface area contributed by atoms with Crippen molar-refractivity contribution in [3.05, 3.63) is 70.8 Å². The zero-order valence-corrected chi connectivity index (χ0v) is 18.0. The van der Waals surface area contributed by atoms with Gasteiger partial charge < -0.3 is 9.47 Å². The molecular formula is C23H25ClO5. The highest BCUT2D eigenvalue weighted by molar-refractivity contribution is 6.27. The van der Waals surface area contributed by atoms with E-state index in [4.69, 9.17) is 21.1 Å². The van der Waals surface area contributed by atoms with Crippen LogP contribution in [0.3, 0.4) is 0 Å². The predicted octanol–water partition coefficient (Wildman–Crippen LogP) is 4.70. The standard InChI is InChI=1S/C20H20O4.C3H5ClO/c1-13-12-16(20(22)24-4)10-11-17(13)18(14(2)21)19(23-3)15-8-6-5-7-9-15;1-3(5)2-4/h5-12H,1-4H3;2H2,1H3/b19-18-;. The molecule has 0 fully saturated rings. The first kappa shape index (κ1) is 24.1. The maximum atomic E-state index is 12.3. The van der Waals surface area contributed by atoms with E-state index < -0.39 is 5.97 Å². The number of rotatable bonds is 6. The van der Waals surface area contributed by atoms with Gasteiger partial charge >= 0.3 is 5.97 Å². The van der Waals surface area contributed by atoms with Gasteiger partial charge in [-0.05, 0) is 44.0 Å². The lowest BCUT2D eigenvalue weighted by atomic mass is 9.93. The maximum Gasteiger partial charge on any atom is 0.337 e. The topological polar surface area (TPSA) is 69.7 Å². The first-order valence-electron chi connectivity index (χ1n) is 8.86. The van der Waals surface area contributed by atoms with Gasteiger partial charge in [0.15, 0.2) is 5.78 Å². The number of esters is 1. The van der Waals surface area contributed by atoms with Crippen LogP contribution in [0.5, 0.6) is 0 Å². The molecule has 0 saturated heterocycles. The molecular weight excluding hydrogens is 392 g/mol. The van der Waals surface area contributed by atoms with E-state index in [-0.39, 0.29) is 17.4 Å². The van der Waals surface area contributed by atoms with Crippen LogP contribution in [0.15, 0.2) is 48.5 Å². The Morgan fingerprint density at radius 1 is 0.897 bits per heavy atom. The second-order valence-corrected chi connectivity index (χ2v) is 6.45. The van der Waals surface area contributed by atoms with Crippen molar-refractivity contribution < 1.29 is 23.9 Å². The van der Waals surface area contributed by atoms with Crippen LogP contribution in [-0.2, 0) is 19.1 Å². The van der Waals surface area contributed by atoms with E-state index in [9.17, 15) is 14.4 Å². The number of hydrogen-bond donors (Lipinski definition) is 0. The number of halogens is 1. The minimum Gasteiger partial charge on any atom is -0.495 e. The van der Waals surface area contributed by atoms with Gasteiger partial charge in [0.25, 0.3) is 0 Å². The third-order valence-electron chi connectivity index (χ3n) is 3.92. The number of ether oxygens (including phenoxy) is 2. The molecule has 154 valence electrons. The summed E-state index contributed by atoms with van der Waals surface area (Å²) in [5, 5.41) is 0. The molecule has 0 bridgehead atoms. The Bertz CT molecular complexity index is 901. The molecule has 0 atom stereocenters. The minimum atomic E-state index is -0.409. The second-order valence-electron chi connectivity index (χ2n) is 6.19. The fourth-order valence-electron chi connectivity index (χ4n) is 2.61. The molecule has 2 rings (SSSR count). The van der Waals surface area contributed by atoms with E-state index in [0.29, 0.717) is 16.9 Å². The molecule has 0 aliphatic heterocycles. The van der Waals surface area contributed by atoms with Gasteiger partial charge in [0.2, 0.25) is 0 Å². The molecule has 0 saturated carbocycles. The van der Waals surface area contributed by atoms with Crippen molar-refractivity contribution in [2.24, 2.45) is 0 Å². The number of carbonyl (C=O) groups excluding carboxylic acids is 3. The fraction of sp³-hybridized carbons (Fsp3) is 0.261. The van der Waals surface area contributed by atoms with Gasteiger partial charge in [0.05, 0.1) is 31.2 Å². The number of aryl methyl sites for hydroxylation is 1. The van der Waals surface area contributed by atoms with Crippen LogP contribution in [0.1, 0.15) is 40.9 Å². The normalized spacial score (nSPS) is 10.8. The Morgan fingerprint density at radius 2 is 1.48 bits per heavy atom. The Balaban J connectivity index is 0.000000749. The van der Waals surface area contributed by atoms with Crippen molar-refractivity contribution in [3.8, 4) is 0 Å². The maximum absolute atomic E-state index is 12.3. The van der Waals surface area contributed by atoms with E-state index in [1.165, 1.54) is 21.0 Å². The lowest BCUT2D eigenvalue weighted by Gasteiger charge is -2.15. The zero-order chi connectivity index (χ0) is 22.0. The van der Waals surface area contributed by atoms with Crippen molar-refractivity contribution in [1.29, 1.82) is 0 Å². The summed E-state index contributed by atoms with van der Waals surface area (Å²) in [6.07, 6.45) is 0. The van der Waals surface area contributed by atoms with Gasteiger partial charge in [-0.1, -0.05) is 36.4 Å². The quantitative estimate of drug-likeness (QED) is 0.224. The molecule has 6 heteroatoms. The van der Waals surface area contributed by atoms with Crippen LogP contribution in [0.4, 0.5) is 0 Å². The van der Waals surface area contributed by atoms with Crippen LogP contribution in [0.25, 0.3) is 11.3 Å². The third kappa shape index (κ3) is 6.88. The molecule has 0 aliphatic rings. The molecule has 2 aromatic rings. The highest BCUT2D eigenvalue weighted by atomic mass is 35.5. The number of benzene rings is 2. The predicted molar refractivity (Wildman–Crippen MR) is 115 cm³/mol. The second kappa shape index (κ2) is 11.8. The largest absolute Gasteiger partial charge is 0.495 e. The van der Waals surface area contributed by atoms with E-state index in [2.05, 4.69) is 0 Å². The zero-order valence-electron chi connectivity index (χ0n) is 17.2. The molecule has 0 spiro atoms. The van der Waals surface area contributed by atoms with E-state index in [0.717, 1.165) is 16.7 Å². The van der Waals surface area contributed by atoms with Gasteiger partial charge in [-0.15, -0.1) is 11.6 Å². The molecule has 5 nitrogen and oxygen atoms in total. The summed E-state index contributed by atoms with van der Waals surface area (Å²) in [5.74, 6) is 0.154. The highest BCUT2D eigenvalue weighted by Gasteiger charge is 2.19. The highest BCUT2D eigenvalue weighted by Crippen LogP contribution is 2.30. The number of carbonyl (C=O) groups is 3. The molecule has 0 aromatic heterocycles. The summed E-state index contributed by atoms with van der Waals surface area (Å²) in [6, 6.07) is 14.6. The van der Waals surface area contributed by atoms with Crippen molar-refractivity contribution >= 4 is 40.5 Å². The van der Waals surface area contributed by atoms with E-state index >= 15 is 0 Å². The van der Waals surface area contributed by atoms with Crippen LogP contribution in [0.2, 0.25) is 0 Å². The van der Waals surface area contributed by atoms with Crippen LogP contribution in [0, 0.1) is 6.92 Å². The van der Waals surface area contributed by atoms with Gasteiger partial charge in [-0.25, -0.2) is 4.79 Å². The molecule has 0 radical (unpaired) electrons. The van der Waals surface area contributed by atoms with Gasteiger partial charge in [-0.2, -0.15) is 0 Å². The molecule has 0 aliphatic carbocycles. The molecule has 0 amide bonds. The summed E-state index contributed by atoms with van der Waals surface area (Å²) >= 11 is 4.99.